The third kappa shape index (κ3) is 4.35. The summed E-state index contributed by atoms with van der Waals surface area (Å²) in [6.07, 6.45) is 0. The Bertz CT molecular complexity index is 968. The maximum absolute atomic E-state index is 13.6. The van der Waals surface area contributed by atoms with Crippen molar-refractivity contribution in [2.24, 2.45) is 0 Å². The van der Waals surface area contributed by atoms with Crippen molar-refractivity contribution in [1.82, 2.24) is 0 Å². The van der Waals surface area contributed by atoms with Gasteiger partial charge in [0.15, 0.2) is 0 Å². The summed E-state index contributed by atoms with van der Waals surface area (Å²) in [4.78, 5) is 24.1. The van der Waals surface area contributed by atoms with Crippen molar-refractivity contribution in [3.05, 3.63) is 95.1 Å². The van der Waals surface area contributed by atoms with Crippen LogP contribution in [0.15, 0.2) is 60.7 Å². The van der Waals surface area contributed by atoms with Gasteiger partial charge >= 0.3 is 0 Å². The Morgan fingerprint density at radius 2 is 0.929 bits per heavy atom. The number of hydrogen-bond donors (Lipinski definition) is 2. The average molecular weight is 388 g/mol. The minimum Gasteiger partial charge on any atom is -0.322 e. The van der Waals surface area contributed by atoms with E-state index < -0.39 is 35.1 Å². The Kier molecular flexibility index (Phi) is 5.39. The number of halogens is 4. The average Bonchev–Trinajstić information content (AvgIpc) is 2.63. The standard InChI is InChI=1S/C20H12F4N2O2/c21-11-1-7-15(17(23)9-11)19(27)25-13-3-5-14(6-4-13)26-20(28)16-8-2-12(22)10-18(16)24/h1-10H,(H,25,27)(H,26,28). The first-order valence-electron chi connectivity index (χ1n) is 7.96. The van der Waals surface area contributed by atoms with Gasteiger partial charge in [-0.2, -0.15) is 0 Å². The van der Waals surface area contributed by atoms with Gasteiger partial charge in [0.2, 0.25) is 0 Å². The van der Waals surface area contributed by atoms with Gasteiger partial charge in [-0.1, -0.05) is 0 Å². The molecule has 4 nitrogen and oxygen atoms in total. The second-order valence-corrected chi connectivity index (χ2v) is 5.73. The zero-order chi connectivity index (χ0) is 20.3. The minimum absolute atomic E-state index is 0.291. The van der Waals surface area contributed by atoms with Crippen LogP contribution in [0.5, 0.6) is 0 Å². The van der Waals surface area contributed by atoms with Gasteiger partial charge in [-0.25, -0.2) is 17.6 Å². The Hall–Kier alpha value is -3.68. The fraction of sp³-hybridized carbons (Fsp3) is 0. The molecule has 2 N–H and O–H groups in total. The van der Waals surface area contributed by atoms with Crippen LogP contribution < -0.4 is 10.6 Å². The molecule has 0 saturated heterocycles. The van der Waals surface area contributed by atoms with Gasteiger partial charge < -0.3 is 10.6 Å². The second kappa shape index (κ2) is 7.91. The lowest BCUT2D eigenvalue weighted by molar-refractivity contribution is 0.101. The van der Waals surface area contributed by atoms with Crippen molar-refractivity contribution in [2.45, 2.75) is 0 Å². The Morgan fingerprint density at radius 1 is 0.571 bits per heavy atom. The van der Waals surface area contributed by atoms with E-state index in [1.165, 1.54) is 24.3 Å². The summed E-state index contributed by atoms with van der Waals surface area (Å²) in [7, 11) is 0. The Labute approximate surface area is 156 Å². The van der Waals surface area contributed by atoms with Crippen LogP contribution >= 0.6 is 0 Å². The van der Waals surface area contributed by atoms with Crippen LogP contribution in [0.4, 0.5) is 28.9 Å². The highest BCUT2D eigenvalue weighted by atomic mass is 19.1. The molecule has 8 heteroatoms. The van der Waals surface area contributed by atoms with Crippen molar-refractivity contribution in [2.75, 3.05) is 10.6 Å². The number of anilines is 2. The third-order valence-corrected chi connectivity index (χ3v) is 3.75. The summed E-state index contributed by atoms with van der Waals surface area (Å²) in [6, 6.07) is 10.9. The first-order chi connectivity index (χ1) is 13.3. The molecule has 0 aliphatic rings. The second-order valence-electron chi connectivity index (χ2n) is 5.73. The molecule has 0 heterocycles. The van der Waals surface area contributed by atoms with Gasteiger partial charge in [-0.05, 0) is 48.5 Å². The van der Waals surface area contributed by atoms with E-state index in [-0.39, 0.29) is 11.1 Å². The summed E-state index contributed by atoms with van der Waals surface area (Å²) in [5.41, 5.74) is -0.0736. The van der Waals surface area contributed by atoms with Crippen molar-refractivity contribution >= 4 is 23.2 Å². The zero-order valence-corrected chi connectivity index (χ0v) is 14.1. The summed E-state index contributed by atoms with van der Waals surface area (Å²) in [5.74, 6) is -5.14. The van der Waals surface area contributed by atoms with E-state index in [0.29, 0.717) is 23.5 Å². The summed E-state index contributed by atoms with van der Waals surface area (Å²) < 4.78 is 53.1. The van der Waals surface area contributed by atoms with E-state index >= 15 is 0 Å². The van der Waals surface area contributed by atoms with Crippen LogP contribution in [0.3, 0.4) is 0 Å². The SMILES string of the molecule is O=C(Nc1ccc(NC(=O)c2ccc(F)cc2F)cc1)c1ccc(F)cc1F. The number of hydrogen-bond acceptors (Lipinski definition) is 2. The van der Waals surface area contributed by atoms with Gasteiger partial charge in [-0.3, -0.25) is 9.59 Å². The lowest BCUT2D eigenvalue weighted by atomic mass is 10.1. The number of benzene rings is 3. The van der Waals surface area contributed by atoms with E-state index in [1.54, 1.807) is 0 Å². The maximum atomic E-state index is 13.6. The van der Waals surface area contributed by atoms with Crippen LogP contribution in [0, 0.1) is 23.3 Å². The molecule has 3 aromatic rings. The largest absolute Gasteiger partial charge is 0.322 e. The van der Waals surface area contributed by atoms with Crippen molar-refractivity contribution < 1.29 is 27.2 Å². The van der Waals surface area contributed by atoms with Gasteiger partial charge in [0, 0.05) is 23.5 Å². The molecule has 0 unspecified atom stereocenters. The van der Waals surface area contributed by atoms with E-state index in [1.807, 2.05) is 0 Å². The van der Waals surface area contributed by atoms with E-state index in [9.17, 15) is 27.2 Å². The Balaban J connectivity index is 1.67. The topological polar surface area (TPSA) is 58.2 Å². The van der Waals surface area contributed by atoms with Crippen LogP contribution in [0.1, 0.15) is 20.7 Å². The highest BCUT2D eigenvalue weighted by Crippen LogP contribution is 2.18. The Morgan fingerprint density at radius 3 is 1.25 bits per heavy atom. The molecule has 3 aromatic carbocycles. The molecule has 0 radical (unpaired) electrons. The molecule has 2 amide bonds. The monoisotopic (exact) mass is 388 g/mol. The summed E-state index contributed by atoms with van der Waals surface area (Å²) in [6.45, 7) is 0. The van der Waals surface area contributed by atoms with Gasteiger partial charge in [0.05, 0.1) is 11.1 Å². The van der Waals surface area contributed by atoms with Gasteiger partial charge in [0.1, 0.15) is 23.3 Å². The molecule has 0 saturated carbocycles. The fourth-order valence-electron chi connectivity index (χ4n) is 2.38. The molecular weight excluding hydrogens is 376 g/mol. The van der Waals surface area contributed by atoms with Crippen LogP contribution in [0.25, 0.3) is 0 Å². The molecule has 0 aliphatic heterocycles. The molecule has 28 heavy (non-hydrogen) atoms. The lowest BCUT2D eigenvalue weighted by Gasteiger charge is -2.09. The minimum atomic E-state index is -0.997. The van der Waals surface area contributed by atoms with Gasteiger partial charge in [0.25, 0.3) is 11.8 Å². The molecule has 0 spiro atoms. The van der Waals surface area contributed by atoms with E-state index in [0.717, 1.165) is 24.3 Å². The lowest BCUT2D eigenvalue weighted by Crippen LogP contribution is -2.15. The number of carbonyl (C=O) groups excluding carboxylic acids is 2. The maximum Gasteiger partial charge on any atom is 0.258 e. The molecule has 0 atom stereocenters. The molecule has 0 bridgehead atoms. The summed E-state index contributed by atoms with van der Waals surface area (Å²) >= 11 is 0. The number of rotatable bonds is 4. The van der Waals surface area contributed by atoms with Crippen molar-refractivity contribution in [3.63, 3.8) is 0 Å². The number of amides is 2. The predicted octanol–water partition coefficient (Wildman–Crippen LogP) is 4.75. The smallest absolute Gasteiger partial charge is 0.258 e. The van der Waals surface area contributed by atoms with Crippen molar-refractivity contribution in [3.8, 4) is 0 Å². The van der Waals surface area contributed by atoms with Crippen LogP contribution in [-0.4, -0.2) is 11.8 Å². The molecule has 0 aromatic heterocycles. The highest BCUT2D eigenvalue weighted by molar-refractivity contribution is 6.06. The molecule has 142 valence electrons. The predicted molar refractivity (Wildman–Crippen MR) is 95.1 cm³/mol. The quantitative estimate of drug-likeness (QED) is 0.634. The van der Waals surface area contributed by atoms with Crippen molar-refractivity contribution in [1.29, 1.82) is 0 Å². The van der Waals surface area contributed by atoms with Gasteiger partial charge in [-0.15, -0.1) is 0 Å². The fourth-order valence-corrected chi connectivity index (χ4v) is 2.38. The molecule has 0 fully saturated rings. The summed E-state index contributed by atoms with van der Waals surface area (Å²) in [5, 5.41) is 4.86. The normalized spacial score (nSPS) is 10.4. The molecule has 3 rings (SSSR count). The molecule has 0 aliphatic carbocycles. The first-order valence-corrected chi connectivity index (χ1v) is 7.96. The van der Waals surface area contributed by atoms with E-state index in [4.69, 9.17) is 0 Å². The third-order valence-electron chi connectivity index (χ3n) is 3.75. The highest BCUT2D eigenvalue weighted by Gasteiger charge is 2.14. The van der Waals surface area contributed by atoms with Crippen LogP contribution in [0.2, 0.25) is 0 Å². The van der Waals surface area contributed by atoms with Crippen LogP contribution in [-0.2, 0) is 0 Å². The first kappa shape index (κ1) is 19.1. The molecular formula is C20H12F4N2O2. The van der Waals surface area contributed by atoms with E-state index in [2.05, 4.69) is 10.6 Å². The number of nitrogens with one attached hydrogen (secondary N) is 2. The zero-order valence-electron chi connectivity index (χ0n) is 14.1. The number of carbonyl (C=O) groups is 2.